The molecule has 0 aromatic heterocycles. The quantitative estimate of drug-likeness (QED) is 0.605. The van der Waals surface area contributed by atoms with Crippen molar-refractivity contribution < 1.29 is 24.2 Å². The van der Waals surface area contributed by atoms with Gasteiger partial charge in [-0.2, -0.15) is 0 Å². The molecule has 0 aliphatic heterocycles. The Hall–Kier alpha value is -2.44. The van der Waals surface area contributed by atoms with Crippen molar-refractivity contribution in [2.75, 3.05) is 13.3 Å². The third-order valence-corrected chi connectivity index (χ3v) is 2.92. The number of aliphatic carboxylic acids is 1. The van der Waals surface area contributed by atoms with Crippen LogP contribution in [-0.4, -0.2) is 36.5 Å². The van der Waals surface area contributed by atoms with Crippen LogP contribution in [0.15, 0.2) is 24.3 Å². The molecule has 1 aromatic rings. The van der Waals surface area contributed by atoms with E-state index in [9.17, 15) is 9.59 Å². The van der Waals surface area contributed by atoms with E-state index < -0.39 is 18.0 Å². The van der Waals surface area contributed by atoms with E-state index in [-0.39, 0.29) is 12.6 Å². The van der Waals surface area contributed by atoms with Crippen LogP contribution in [0.5, 0.6) is 11.5 Å². The summed E-state index contributed by atoms with van der Waals surface area (Å²) in [5.41, 5.74) is 0. The molecule has 1 atom stereocenters. The molecular formula is C16H24N2O5. The zero-order chi connectivity index (χ0) is 17.2. The Morgan fingerprint density at radius 1 is 1.13 bits per heavy atom. The fraction of sp³-hybridized carbons (Fsp3) is 0.500. The molecule has 7 nitrogen and oxygen atoms in total. The van der Waals surface area contributed by atoms with Gasteiger partial charge in [0.2, 0.25) is 0 Å². The van der Waals surface area contributed by atoms with Gasteiger partial charge in [-0.3, -0.25) is 0 Å². The van der Waals surface area contributed by atoms with Crippen LogP contribution in [0, 0.1) is 5.92 Å². The molecule has 2 amide bonds. The van der Waals surface area contributed by atoms with Gasteiger partial charge in [-0.05, 0) is 43.5 Å². The van der Waals surface area contributed by atoms with Gasteiger partial charge < -0.3 is 25.2 Å². The highest BCUT2D eigenvalue weighted by molar-refractivity contribution is 5.82. The predicted molar refractivity (Wildman–Crippen MR) is 85.7 cm³/mol. The highest BCUT2D eigenvalue weighted by atomic mass is 16.5. The SMILES string of the molecule is CCOc1ccc(OCNC(=O)NC(CC(C)C)C(=O)O)cc1. The molecule has 1 rings (SSSR count). The molecule has 0 saturated heterocycles. The van der Waals surface area contributed by atoms with Gasteiger partial charge in [-0.25, -0.2) is 9.59 Å². The summed E-state index contributed by atoms with van der Waals surface area (Å²) >= 11 is 0. The first-order chi connectivity index (χ1) is 10.9. The number of nitrogens with one attached hydrogen (secondary N) is 2. The summed E-state index contributed by atoms with van der Waals surface area (Å²) in [7, 11) is 0. The first-order valence-corrected chi connectivity index (χ1v) is 7.55. The van der Waals surface area contributed by atoms with Crippen molar-refractivity contribution in [3.8, 4) is 11.5 Å². The lowest BCUT2D eigenvalue weighted by Crippen LogP contribution is -2.47. The smallest absolute Gasteiger partial charge is 0.326 e. The van der Waals surface area contributed by atoms with E-state index in [1.165, 1.54) is 0 Å². The van der Waals surface area contributed by atoms with Crippen molar-refractivity contribution in [2.45, 2.75) is 33.2 Å². The maximum absolute atomic E-state index is 11.7. The molecule has 1 aromatic carbocycles. The number of ether oxygens (including phenoxy) is 2. The molecule has 0 spiro atoms. The maximum Gasteiger partial charge on any atom is 0.326 e. The van der Waals surface area contributed by atoms with Crippen LogP contribution in [0.4, 0.5) is 4.79 Å². The van der Waals surface area contributed by atoms with E-state index in [4.69, 9.17) is 14.6 Å². The molecule has 128 valence electrons. The van der Waals surface area contributed by atoms with Crippen LogP contribution in [0.1, 0.15) is 27.2 Å². The van der Waals surface area contributed by atoms with E-state index >= 15 is 0 Å². The second-order valence-corrected chi connectivity index (χ2v) is 5.36. The minimum absolute atomic E-state index is 0.0617. The third kappa shape index (κ3) is 7.39. The Morgan fingerprint density at radius 3 is 2.17 bits per heavy atom. The standard InChI is InChI=1S/C16H24N2O5/c1-4-22-12-5-7-13(8-6-12)23-10-17-16(21)18-14(15(19)20)9-11(2)3/h5-8,11,14H,4,9-10H2,1-3H3,(H,19,20)(H2,17,18,21). The van der Waals surface area contributed by atoms with E-state index in [0.717, 1.165) is 5.75 Å². The monoisotopic (exact) mass is 324 g/mol. The van der Waals surface area contributed by atoms with Crippen LogP contribution >= 0.6 is 0 Å². The molecule has 0 bridgehead atoms. The van der Waals surface area contributed by atoms with E-state index in [1.807, 2.05) is 20.8 Å². The first-order valence-electron chi connectivity index (χ1n) is 7.55. The topological polar surface area (TPSA) is 96.9 Å². The van der Waals surface area contributed by atoms with Crippen LogP contribution < -0.4 is 20.1 Å². The molecule has 3 N–H and O–H groups in total. The van der Waals surface area contributed by atoms with Crippen molar-refractivity contribution in [1.29, 1.82) is 0 Å². The van der Waals surface area contributed by atoms with Gasteiger partial charge in [0.25, 0.3) is 0 Å². The number of carbonyl (C=O) groups is 2. The average Bonchev–Trinajstić information content (AvgIpc) is 2.48. The largest absolute Gasteiger partial charge is 0.494 e. The Kier molecular flexibility index (Phi) is 7.73. The fourth-order valence-electron chi connectivity index (χ4n) is 1.89. The lowest BCUT2D eigenvalue weighted by Gasteiger charge is -2.17. The van der Waals surface area contributed by atoms with Crippen molar-refractivity contribution in [2.24, 2.45) is 5.92 Å². The van der Waals surface area contributed by atoms with Gasteiger partial charge in [0, 0.05) is 0 Å². The average molecular weight is 324 g/mol. The molecule has 1 unspecified atom stereocenters. The van der Waals surface area contributed by atoms with E-state index in [1.54, 1.807) is 24.3 Å². The van der Waals surface area contributed by atoms with Crippen LogP contribution in [-0.2, 0) is 4.79 Å². The minimum Gasteiger partial charge on any atom is -0.494 e. The number of benzene rings is 1. The molecule has 0 aliphatic rings. The highest BCUT2D eigenvalue weighted by Gasteiger charge is 2.20. The Labute approximate surface area is 136 Å². The molecule has 23 heavy (non-hydrogen) atoms. The lowest BCUT2D eigenvalue weighted by atomic mass is 10.0. The Morgan fingerprint density at radius 2 is 1.70 bits per heavy atom. The van der Waals surface area contributed by atoms with Gasteiger partial charge in [0.15, 0.2) is 6.73 Å². The third-order valence-electron chi connectivity index (χ3n) is 2.92. The number of rotatable bonds is 9. The first kappa shape index (κ1) is 18.6. The summed E-state index contributed by atoms with van der Waals surface area (Å²) in [4.78, 5) is 22.7. The number of urea groups is 1. The summed E-state index contributed by atoms with van der Waals surface area (Å²) in [6.45, 7) is 6.21. The molecule has 0 heterocycles. The number of carboxylic acids is 1. The van der Waals surface area contributed by atoms with Crippen molar-refractivity contribution >= 4 is 12.0 Å². The number of carbonyl (C=O) groups excluding carboxylic acids is 1. The minimum atomic E-state index is -1.05. The number of carboxylic acid groups (broad SMARTS) is 1. The Bertz CT molecular complexity index is 502. The maximum atomic E-state index is 11.7. The lowest BCUT2D eigenvalue weighted by molar-refractivity contribution is -0.139. The van der Waals surface area contributed by atoms with Crippen LogP contribution in [0.25, 0.3) is 0 Å². The van der Waals surface area contributed by atoms with Gasteiger partial charge in [0.1, 0.15) is 17.5 Å². The molecule has 0 fully saturated rings. The van der Waals surface area contributed by atoms with E-state index in [2.05, 4.69) is 10.6 Å². The molecular weight excluding hydrogens is 300 g/mol. The summed E-state index contributed by atoms with van der Waals surface area (Å²) in [5.74, 6) is 0.423. The van der Waals surface area contributed by atoms with Crippen molar-refractivity contribution in [1.82, 2.24) is 10.6 Å². The summed E-state index contributed by atoms with van der Waals surface area (Å²) in [6, 6.07) is 5.49. The second kappa shape index (κ2) is 9.55. The number of hydrogen-bond donors (Lipinski definition) is 3. The highest BCUT2D eigenvalue weighted by Crippen LogP contribution is 2.17. The van der Waals surface area contributed by atoms with Crippen molar-refractivity contribution in [3.63, 3.8) is 0 Å². The fourth-order valence-corrected chi connectivity index (χ4v) is 1.89. The normalized spacial score (nSPS) is 11.7. The predicted octanol–water partition coefficient (Wildman–Crippen LogP) is 2.22. The van der Waals surface area contributed by atoms with Gasteiger partial charge in [-0.1, -0.05) is 13.8 Å². The van der Waals surface area contributed by atoms with Crippen LogP contribution in [0.3, 0.4) is 0 Å². The van der Waals surface area contributed by atoms with Gasteiger partial charge >= 0.3 is 12.0 Å². The van der Waals surface area contributed by atoms with E-state index in [0.29, 0.717) is 18.8 Å². The van der Waals surface area contributed by atoms with Gasteiger partial charge in [-0.15, -0.1) is 0 Å². The molecule has 0 aliphatic carbocycles. The Balaban J connectivity index is 2.36. The van der Waals surface area contributed by atoms with Crippen LogP contribution in [0.2, 0.25) is 0 Å². The summed E-state index contributed by atoms with van der Waals surface area (Å²) in [6.07, 6.45) is 0.364. The number of amides is 2. The number of hydrogen-bond acceptors (Lipinski definition) is 4. The zero-order valence-electron chi connectivity index (χ0n) is 13.7. The summed E-state index contributed by atoms with van der Waals surface area (Å²) < 4.78 is 10.7. The second-order valence-electron chi connectivity index (χ2n) is 5.36. The zero-order valence-corrected chi connectivity index (χ0v) is 13.7. The van der Waals surface area contributed by atoms with Crippen molar-refractivity contribution in [3.05, 3.63) is 24.3 Å². The van der Waals surface area contributed by atoms with Gasteiger partial charge in [0.05, 0.1) is 6.61 Å². The molecule has 0 radical (unpaired) electrons. The molecule has 0 saturated carbocycles. The molecule has 7 heteroatoms. The summed E-state index contributed by atoms with van der Waals surface area (Å²) in [5, 5.41) is 13.9.